The van der Waals surface area contributed by atoms with Crippen LogP contribution in [0.1, 0.15) is 18.1 Å². The van der Waals surface area contributed by atoms with Gasteiger partial charge < -0.3 is 5.32 Å². The first-order valence-corrected chi connectivity index (χ1v) is 8.92. The summed E-state index contributed by atoms with van der Waals surface area (Å²) in [5.74, 6) is -0.195. The van der Waals surface area contributed by atoms with E-state index in [0.29, 0.717) is 15.8 Å². The van der Waals surface area contributed by atoms with Gasteiger partial charge in [0.15, 0.2) is 0 Å². The Bertz CT molecular complexity index is 845. The number of rotatable bonds is 4. The Morgan fingerprint density at radius 3 is 2.48 bits per heavy atom. The van der Waals surface area contributed by atoms with E-state index in [2.05, 4.69) is 5.32 Å². The van der Waals surface area contributed by atoms with Crippen LogP contribution in [0.4, 0.5) is 5.69 Å². The highest BCUT2D eigenvalue weighted by molar-refractivity contribution is 8.26. The molecular weight excluding hydrogens is 352 g/mol. The van der Waals surface area contributed by atoms with Crippen molar-refractivity contribution in [1.29, 1.82) is 0 Å². The van der Waals surface area contributed by atoms with Crippen LogP contribution in [0.3, 0.4) is 0 Å². The predicted octanol–water partition coefficient (Wildman–Crippen LogP) is 4.05. The van der Waals surface area contributed by atoms with E-state index in [9.17, 15) is 9.59 Å². The van der Waals surface area contributed by atoms with E-state index in [-0.39, 0.29) is 11.8 Å². The van der Waals surface area contributed by atoms with Gasteiger partial charge in [-0.3, -0.25) is 14.5 Å². The minimum Gasteiger partial charge on any atom is -0.326 e. The number of hydrogen-bond donors (Lipinski definition) is 1. The number of thiocarbonyl (C=S) groups is 1. The summed E-state index contributed by atoms with van der Waals surface area (Å²) in [4.78, 5) is 25.9. The summed E-state index contributed by atoms with van der Waals surface area (Å²) in [6.07, 6.45) is 1.82. The van der Waals surface area contributed by atoms with Crippen LogP contribution in [0.15, 0.2) is 59.5 Å². The van der Waals surface area contributed by atoms with Gasteiger partial charge in [-0.1, -0.05) is 66.4 Å². The fourth-order valence-corrected chi connectivity index (χ4v) is 3.67. The van der Waals surface area contributed by atoms with Crippen LogP contribution in [0, 0.1) is 0 Å². The van der Waals surface area contributed by atoms with Crippen molar-refractivity contribution in [3.05, 3.63) is 70.6 Å². The fraction of sp³-hybridized carbons (Fsp3) is 0.105. The molecule has 6 heteroatoms. The van der Waals surface area contributed by atoms with Crippen molar-refractivity contribution in [2.45, 2.75) is 13.5 Å². The highest BCUT2D eigenvalue weighted by Gasteiger charge is 2.31. The van der Waals surface area contributed by atoms with Gasteiger partial charge in [-0.15, -0.1) is 0 Å². The van der Waals surface area contributed by atoms with Crippen molar-refractivity contribution in [3.8, 4) is 0 Å². The maximum atomic E-state index is 12.6. The maximum absolute atomic E-state index is 12.6. The maximum Gasteiger partial charge on any atom is 0.266 e. The summed E-state index contributed by atoms with van der Waals surface area (Å²) < 4.78 is 0.565. The number of benzene rings is 2. The van der Waals surface area contributed by atoms with Crippen LogP contribution in [0.5, 0.6) is 0 Å². The zero-order chi connectivity index (χ0) is 17.8. The summed E-state index contributed by atoms with van der Waals surface area (Å²) in [5.41, 5.74) is 2.65. The van der Waals surface area contributed by atoms with E-state index in [0.717, 1.165) is 16.8 Å². The third-order valence-corrected chi connectivity index (χ3v) is 4.96. The van der Waals surface area contributed by atoms with Crippen molar-refractivity contribution in [2.24, 2.45) is 0 Å². The molecule has 126 valence electrons. The molecule has 2 aromatic rings. The molecule has 2 amide bonds. The number of anilines is 1. The topological polar surface area (TPSA) is 49.4 Å². The highest BCUT2D eigenvalue weighted by Crippen LogP contribution is 2.33. The molecule has 3 rings (SSSR count). The smallest absolute Gasteiger partial charge is 0.266 e. The van der Waals surface area contributed by atoms with Gasteiger partial charge in [-0.25, -0.2) is 0 Å². The van der Waals surface area contributed by atoms with Gasteiger partial charge in [0, 0.05) is 12.6 Å². The molecule has 4 nitrogen and oxygen atoms in total. The fourth-order valence-electron chi connectivity index (χ4n) is 2.42. The second-order valence-electron chi connectivity index (χ2n) is 5.56. The van der Waals surface area contributed by atoms with Crippen LogP contribution in [0.25, 0.3) is 6.08 Å². The Morgan fingerprint density at radius 2 is 1.84 bits per heavy atom. The van der Waals surface area contributed by atoms with Crippen LogP contribution in [-0.4, -0.2) is 21.0 Å². The number of carbonyl (C=O) groups is 2. The van der Waals surface area contributed by atoms with Crippen LogP contribution in [-0.2, 0) is 16.1 Å². The van der Waals surface area contributed by atoms with E-state index in [1.165, 1.54) is 18.7 Å². The Morgan fingerprint density at radius 1 is 1.16 bits per heavy atom. The second kappa shape index (κ2) is 7.63. The molecule has 0 saturated carbocycles. The number of thioether (sulfide) groups is 1. The quantitative estimate of drug-likeness (QED) is 0.653. The molecule has 1 aliphatic rings. The van der Waals surface area contributed by atoms with Gasteiger partial charge in [0.2, 0.25) is 5.91 Å². The predicted molar refractivity (Wildman–Crippen MR) is 106 cm³/mol. The van der Waals surface area contributed by atoms with Crippen molar-refractivity contribution >= 4 is 51.9 Å². The molecule has 1 saturated heterocycles. The lowest BCUT2D eigenvalue weighted by Gasteiger charge is -2.14. The molecular formula is C19H16N2O2S2. The number of amides is 2. The normalized spacial score (nSPS) is 15.7. The van der Waals surface area contributed by atoms with Crippen LogP contribution < -0.4 is 5.32 Å². The SMILES string of the molecule is CC(=O)Nc1ccc(C=C2SC(=S)N(Cc3ccccc3)C2=O)cc1. The molecule has 0 unspecified atom stereocenters. The molecule has 0 bridgehead atoms. The highest BCUT2D eigenvalue weighted by atomic mass is 32.2. The van der Waals surface area contributed by atoms with Gasteiger partial charge in [0.25, 0.3) is 5.91 Å². The molecule has 1 aliphatic heterocycles. The zero-order valence-electron chi connectivity index (χ0n) is 13.6. The largest absolute Gasteiger partial charge is 0.326 e. The Hall–Kier alpha value is -2.44. The first-order valence-electron chi connectivity index (χ1n) is 7.70. The molecule has 0 aromatic heterocycles. The lowest BCUT2D eigenvalue weighted by molar-refractivity contribution is -0.122. The summed E-state index contributed by atoms with van der Waals surface area (Å²) in [6.45, 7) is 1.94. The minimum absolute atomic E-state index is 0.0789. The molecule has 1 fully saturated rings. The Kier molecular flexibility index (Phi) is 5.31. The van der Waals surface area contributed by atoms with Gasteiger partial charge in [0.05, 0.1) is 11.4 Å². The molecule has 0 radical (unpaired) electrons. The Labute approximate surface area is 155 Å². The number of nitrogens with zero attached hydrogens (tertiary/aromatic N) is 1. The van der Waals surface area contributed by atoms with E-state index in [1.54, 1.807) is 17.0 Å². The summed E-state index contributed by atoms with van der Waals surface area (Å²) in [6, 6.07) is 17.1. The zero-order valence-corrected chi connectivity index (χ0v) is 15.2. The van der Waals surface area contributed by atoms with Crippen molar-refractivity contribution < 1.29 is 9.59 Å². The third-order valence-electron chi connectivity index (χ3n) is 3.59. The molecule has 0 spiro atoms. The van der Waals surface area contributed by atoms with Gasteiger partial charge in [-0.05, 0) is 29.3 Å². The number of carbonyl (C=O) groups excluding carboxylic acids is 2. The van der Waals surface area contributed by atoms with Gasteiger partial charge >= 0.3 is 0 Å². The number of hydrogen-bond acceptors (Lipinski definition) is 4. The van der Waals surface area contributed by atoms with Crippen LogP contribution in [0.2, 0.25) is 0 Å². The third kappa shape index (κ3) is 4.35. The first kappa shape index (κ1) is 17.4. The summed E-state index contributed by atoms with van der Waals surface area (Å²) in [5, 5.41) is 2.72. The molecule has 0 atom stereocenters. The minimum atomic E-state index is -0.116. The average Bonchev–Trinajstić information content (AvgIpc) is 2.85. The molecule has 2 aromatic carbocycles. The summed E-state index contributed by atoms with van der Waals surface area (Å²) in [7, 11) is 0. The Balaban J connectivity index is 1.74. The van der Waals surface area contributed by atoms with Crippen LogP contribution >= 0.6 is 24.0 Å². The first-order chi connectivity index (χ1) is 12.0. The second-order valence-corrected chi connectivity index (χ2v) is 7.23. The van der Waals surface area contributed by atoms with E-state index < -0.39 is 0 Å². The molecule has 0 aliphatic carbocycles. The average molecular weight is 368 g/mol. The van der Waals surface area contributed by atoms with Gasteiger partial charge in [0.1, 0.15) is 4.32 Å². The van der Waals surface area contributed by atoms with Gasteiger partial charge in [-0.2, -0.15) is 0 Å². The summed E-state index contributed by atoms with van der Waals surface area (Å²) >= 11 is 6.67. The molecule has 1 heterocycles. The monoisotopic (exact) mass is 368 g/mol. The number of nitrogens with one attached hydrogen (secondary N) is 1. The lowest BCUT2D eigenvalue weighted by Crippen LogP contribution is -2.27. The lowest BCUT2D eigenvalue weighted by atomic mass is 10.2. The van der Waals surface area contributed by atoms with E-state index in [1.807, 2.05) is 48.5 Å². The van der Waals surface area contributed by atoms with Crippen molar-refractivity contribution in [1.82, 2.24) is 4.90 Å². The molecule has 25 heavy (non-hydrogen) atoms. The standard InChI is InChI=1S/C19H16N2O2S2/c1-13(22)20-16-9-7-14(8-10-16)11-17-18(23)21(19(24)25-17)12-15-5-3-2-4-6-15/h2-11H,12H2,1H3,(H,20,22). The molecule has 1 N–H and O–H groups in total. The van der Waals surface area contributed by atoms with E-state index >= 15 is 0 Å². The van der Waals surface area contributed by atoms with E-state index in [4.69, 9.17) is 12.2 Å². The van der Waals surface area contributed by atoms with Crippen molar-refractivity contribution in [2.75, 3.05) is 5.32 Å². The van der Waals surface area contributed by atoms with Crippen molar-refractivity contribution in [3.63, 3.8) is 0 Å².